The van der Waals surface area contributed by atoms with Crippen molar-refractivity contribution >= 4 is 17.5 Å². The molecule has 1 aromatic heterocycles. The van der Waals surface area contributed by atoms with Crippen molar-refractivity contribution in [3.05, 3.63) is 70.9 Å². The average Bonchev–Trinajstić information content (AvgIpc) is 3.38. The molecule has 1 atom stereocenters. The molecule has 27 heavy (non-hydrogen) atoms. The first kappa shape index (κ1) is 17.6. The largest absolute Gasteiger partial charge is 0.497 e. The predicted octanol–water partition coefficient (Wildman–Crippen LogP) is 4.98. The first-order valence-corrected chi connectivity index (χ1v) is 9.21. The van der Waals surface area contributed by atoms with Crippen molar-refractivity contribution in [1.29, 1.82) is 0 Å². The number of halogens is 1. The lowest BCUT2D eigenvalue weighted by molar-refractivity contribution is 0.0693. The van der Waals surface area contributed by atoms with Crippen molar-refractivity contribution in [1.82, 2.24) is 10.1 Å². The molecule has 0 N–H and O–H groups in total. The maximum Gasteiger partial charge on any atom is 0.292 e. The van der Waals surface area contributed by atoms with Crippen LogP contribution < -0.4 is 4.74 Å². The van der Waals surface area contributed by atoms with Crippen LogP contribution in [0.15, 0.2) is 59.1 Å². The molecule has 2 aromatic carbocycles. The number of hydrogen-bond acceptors (Lipinski definition) is 4. The van der Waals surface area contributed by atoms with Crippen molar-refractivity contribution in [2.24, 2.45) is 0 Å². The zero-order valence-corrected chi connectivity index (χ0v) is 15.6. The Morgan fingerprint density at radius 1 is 1.19 bits per heavy atom. The highest BCUT2D eigenvalue weighted by atomic mass is 35.5. The van der Waals surface area contributed by atoms with E-state index < -0.39 is 0 Å². The third kappa shape index (κ3) is 3.55. The molecule has 1 fully saturated rings. The fourth-order valence-electron chi connectivity index (χ4n) is 3.46. The van der Waals surface area contributed by atoms with Crippen LogP contribution in [0.25, 0.3) is 11.3 Å². The maximum absolute atomic E-state index is 13.0. The summed E-state index contributed by atoms with van der Waals surface area (Å²) < 4.78 is 10.5. The van der Waals surface area contributed by atoms with E-state index in [0.717, 1.165) is 29.7 Å². The van der Waals surface area contributed by atoms with Crippen LogP contribution in [-0.4, -0.2) is 29.6 Å². The summed E-state index contributed by atoms with van der Waals surface area (Å²) in [5.41, 5.74) is 2.58. The van der Waals surface area contributed by atoms with E-state index in [9.17, 15) is 4.79 Å². The lowest BCUT2D eigenvalue weighted by Crippen LogP contribution is -2.30. The van der Waals surface area contributed by atoms with Gasteiger partial charge in [-0.05, 0) is 54.8 Å². The van der Waals surface area contributed by atoms with Gasteiger partial charge in [0.25, 0.3) is 5.91 Å². The van der Waals surface area contributed by atoms with Gasteiger partial charge >= 0.3 is 0 Å². The molecule has 138 valence electrons. The highest BCUT2D eigenvalue weighted by molar-refractivity contribution is 6.30. The predicted molar refractivity (Wildman–Crippen MR) is 103 cm³/mol. The van der Waals surface area contributed by atoms with Crippen LogP contribution in [0, 0.1) is 0 Å². The van der Waals surface area contributed by atoms with E-state index in [-0.39, 0.29) is 17.7 Å². The number of amides is 1. The second-order valence-corrected chi connectivity index (χ2v) is 6.95. The van der Waals surface area contributed by atoms with Crippen LogP contribution in [0.3, 0.4) is 0 Å². The molecular weight excluding hydrogens is 364 g/mol. The van der Waals surface area contributed by atoms with Crippen LogP contribution in [0.4, 0.5) is 0 Å². The van der Waals surface area contributed by atoms with Gasteiger partial charge in [0.05, 0.1) is 13.2 Å². The standard InChI is InChI=1S/C21H19ClN2O3/c1-26-17-10-6-14(7-11-17)18-13-20(27-23-18)21(25)24-12-2-3-19(24)15-4-8-16(22)9-5-15/h4-11,13,19H,2-3,12H2,1H3. The lowest BCUT2D eigenvalue weighted by Gasteiger charge is -2.24. The minimum Gasteiger partial charge on any atom is -0.497 e. The number of likely N-dealkylation sites (tertiary alicyclic amines) is 1. The first-order chi connectivity index (χ1) is 13.2. The van der Waals surface area contributed by atoms with E-state index in [2.05, 4.69) is 5.16 Å². The molecule has 0 bridgehead atoms. The van der Waals surface area contributed by atoms with Gasteiger partial charge in [-0.1, -0.05) is 28.9 Å². The summed E-state index contributed by atoms with van der Waals surface area (Å²) >= 11 is 5.98. The molecule has 4 rings (SSSR count). The Morgan fingerprint density at radius 3 is 2.63 bits per heavy atom. The summed E-state index contributed by atoms with van der Waals surface area (Å²) in [7, 11) is 1.62. The number of rotatable bonds is 4. The van der Waals surface area contributed by atoms with Gasteiger partial charge in [-0.3, -0.25) is 4.79 Å². The van der Waals surface area contributed by atoms with E-state index in [1.54, 1.807) is 13.2 Å². The molecule has 0 radical (unpaired) electrons. The Kier molecular flexibility index (Phi) is 4.86. The van der Waals surface area contributed by atoms with E-state index in [1.807, 2.05) is 53.4 Å². The summed E-state index contributed by atoms with van der Waals surface area (Å²) in [6, 6.07) is 16.9. The molecule has 1 aliphatic rings. The Hall–Kier alpha value is -2.79. The summed E-state index contributed by atoms with van der Waals surface area (Å²) in [5.74, 6) is 0.878. The highest BCUT2D eigenvalue weighted by Crippen LogP contribution is 2.34. The number of carbonyl (C=O) groups excluding carboxylic acids is 1. The van der Waals surface area contributed by atoms with Crippen molar-refractivity contribution in [3.63, 3.8) is 0 Å². The highest BCUT2D eigenvalue weighted by Gasteiger charge is 2.32. The number of hydrogen-bond donors (Lipinski definition) is 0. The van der Waals surface area contributed by atoms with E-state index in [0.29, 0.717) is 17.3 Å². The van der Waals surface area contributed by atoms with Gasteiger partial charge in [0.1, 0.15) is 11.4 Å². The van der Waals surface area contributed by atoms with Crippen LogP contribution in [0.5, 0.6) is 5.75 Å². The van der Waals surface area contributed by atoms with Gasteiger partial charge in [0.2, 0.25) is 5.76 Å². The average molecular weight is 383 g/mol. The van der Waals surface area contributed by atoms with Crippen LogP contribution in [0.1, 0.15) is 35.0 Å². The van der Waals surface area contributed by atoms with Crippen LogP contribution >= 0.6 is 11.6 Å². The molecular formula is C21H19ClN2O3. The quantitative estimate of drug-likeness (QED) is 0.638. The van der Waals surface area contributed by atoms with Crippen molar-refractivity contribution in [2.45, 2.75) is 18.9 Å². The zero-order chi connectivity index (χ0) is 18.8. The summed E-state index contributed by atoms with van der Waals surface area (Å²) in [6.07, 6.45) is 1.88. The SMILES string of the molecule is COc1ccc(-c2cc(C(=O)N3CCCC3c3ccc(Cl)cc3)on2)cc1. The monoisotopic (exact) mass is 382 g/mol. The topological polar surface area (TPSA) is 55.6 Å². The number of ether oxygens (including phenoxy) is 1. The fraction of sp³-hybridized carbons (Fsp3) is 0.238. The molecule has 0 aliphatic carbocycles. The van der Waals surface area contributed by atoms with Crippen LogP contribution in [0.2, 0.25) is 5.02 Å². The Morgan fingerprint density at radius 2 is 1.93 bits per heavy atom. The normalized spacial score (nSPS) is 16.5. The molecule has 1 saturated heterocycles. The molecule has 5 nitrogen and oxygen atoms in total. The van der Waals surface area contributed by atoms with Gasteiger partial charge in [0, 0.05) is 23.2 Å². The molecule has 2 heterocycles. The molecule has 1 aliphatic heterocycles. The number of carbonyl (C=O) groups is 1. The Labute approximate surface area is 162 Å². The van der Waals surface area contributed by atoms with Crippen molar-refractivity contribution in [3.8, 4) is 17.0 Å². The van der Waals surface area contributed by atoms with Gasteiger partial charge in [-0.25, -0.2) is 0 Å². The molecule has 3 aromatic rings. The minimum atomic E-state index is -0.139. The molecule has 0 saturated carbocycles. The zero-order valence-electron chi connectivity index (χ0n) is 14.9. The second-order valence-electron chi connectivity index (χ2n) is 6.51. The smallest absolute Gasteiger partial charge is 0.292 e. The molecule has 1 unspecified atom stereocenters. The van der Waals surface area contributed by atoms with Crippen molar-refractivity contribution in [2.75, 3.05) is 13.7 Å². The minimum absolute atomic E-state index is 0.0318. The molecule has 1 amide bonds. The summed E-state index contributed by atoms with van der Waals surface area (Å²) in [5, 5.41) is 4.75. The second kappa shape index (κ2) is 7.45. The summed E-state index contributed by atoms with van der Waals surface area (Å²) in [4.78, 5) is 14.8. The summed E-state index contributed by atoms with van der Waals surface area (Å²) in [6.45, 7) is 0.699. The van der Waals surface area contributed by atoms with Gasteiger partial charge in [-0.2, -0.15) is 0 Å². The van der Waals surface area contributed by atoms with E-state index >= 15 is 0 Å². The fourth-order valence-corrected chi connectivity index (χ4v) is 3.58. The van der Waals surface area contributed by atoms with Crippen LogP contribution in [-0.2, 0) is 0 Å². The van der Waals surface area contributed by atoms with E-state index in [1.165, 1.54) is 0 Å². The molecule has 6 heteroatoms. The number of methoxy groups -OCH3 is 1. The first-order valence-electron chi connectivity index (χ1n) is 8.83. The lowest BCUT2D eigenvalue weighted by atomic mass is 10.0. The number of nitrogens with zero attached hydrogens (tertiary/aromatic N) is 2. The van der Waals surface area contributed by atoms with Gasteiger partial charge in [0.15, 0.2) is 0 Å². The maximum atomic E-state index is 13.0. The van der Waals surface area contributed by atoms with Crippen molar-refractivity contribution < 1.29 is 14.1 Å². The Bertz CT molecular complexity index is 935. The third-order valence-electron chi connectivity index (χ3n) is 4.88. The molecule has 0 spiro atoms. The third-order valence-corrected chi connectivity index (χ3v) is 5.13. The Balaban J connectivity index is 1.55. The number of aromatic nitrogens is 1. The number of benzene rings is 2. The van der Waals surface area contributed by atoms with Gasteiger partial charge < -0.3 is 14.2 Å². The van der Waals surface area contributed by atoms with E-state index in [4.69, 9.17) is 20.9 Å². The van der Waals surface area contributed by atoms with Gasteiger partial charge in [-0.15, -0.1) is 0 Å².